The largest absolute Gasteiger partial charge is 0.459 e. The minimum absolute atomic E-state index is 0.0485. The standard InChI is InChI=1S/C36H45NO10SSi/c1-25-36(48-2)30(23-42-33(38)26-14-8-6-9-15-26)46-34(27-16-10-7-11-17-27)47-32(36)31(44-24-41-20-21-49(3,4)5)35(45-25)43-22-28-18-12-13-19-29(28)37(39)40/h6-19,25,30-32,34-35H,20-24H2,1-5H3/t25-,30-,31-,32-,34+,35-,36-/m1/s1. The topological polar surface area (TPSA) is 125 Å². The van der Waals surface area contributed by atoms with Gasteiger partial charge in [0.15, 0.2) is 12.6 Å². The number of carbonyl (C=O) groups is 1. The lowest BCUT2D eigenvalue weighted by Crippen LogP contribution is -2.73. The van der Waals surface area contributed by atoms with Crippen LogP contribution in [0.3, 0.4) is 0 Å². The van der Waals surface area contributed by atoms with E-state index < -0.39 is 60.7 Å². The summed E-state index contributed by atoms with van der Waals surface area (Å²) in [5.41, 5.74) is 1.55. The van der Waals surface area contributed by atoms with Crippen molar-refractivity contribution < 1.29 is 42.9 Å². The van der Waals surface area contributed by atoms with Gasteiger partial charge in [-0.2, -0.15) is 11.8 Å². The fourth-order valence-corrected chi connectivity index (χ4v) is 8.02. The molecule has 13 heteroatoms. The van der Waals surface area contributed by atoms with Crippen molar-refractivity contribution in [2.75, 3.05) is 26.3 Å². The molecule has 0 aromatic heterocycles. The number of para-hydroxylation sites is 1. The average Bonchev–Trinajstić information content (AvgIpc) is 3.10. The highest BCUT2D eigenvalue weighted by atomic mass is 32.2. The summed E-state index contributed by atoms with van der Waals surface area (Å²) in [5, 5.41) is 11.7. The fraction of sp³-hybridized carbons (Fsp3) is 0.472. The Kier molecular flexibility index (Phi) is 12.7. The molecule has 3 aromatic rings. The smallest absolute Gasteiger partial charge is 0.338 e. The van der Waals surface area contributed by atoms with E-state index in [9.17, 15) is 14.9 Å². The summed E-state index contributed by atoms with van der Waals surface area (Å²) in [5.74, 6) is -0.474. The van der Waals surface area contributed by atoms with Gasteiger partial charge in [0.25, 0.3) is 5.69 Å². The van der Waals surface area contributed by atoms with Crippen LogP contribution in [0.2, 0.25) is 25.7 Å². The number of nitro benzene ring substituents is 1. The molecule has 49 heavy (non-hydrogen) atoms. The Morgan fingerprint density at radius 3 is 2.29 bits per heavy atom. The highest BCUT2D eigenvalue weighted by Gasteiger charge is 2.64. The van der Waals surface area contributed by atoms with Crippen LogP contribution in [0.1, 0.15) is 34.7 Å². The van der Waals surface area contributed by atoms with Gasteiger partial charge < -0.3 is 33.2 Å². The van der Waals surface area contributed by atoms with E-state index in [1.807, 2.05) is 49.6 Å². The molecule has 0 unspecified atom stereocenters. The first kappa shape index (κ1) is 37.1. The quantitative estimate of drug-likeness (QED) is 0.0404. The second-order valence-corrected chi connectivity index (χ2v) is 20.0. The van der Waals surface area contributed by atoms with Crippen LogP contribution in [-0.2, 0) is 39.8 Å². The zero-order valence-electron chi connectivity index (χ0n) is 28.5. The van der Waals surface area contributed by atoms with Crippen LogP contribution < -0.4 is 0 Å². The highest BCUT2D eigenvalue weighted by molar-refractivity contribution is 8.00. The van der Waals surface area contributed by atoms with Gasteiger partial charge >= 0.3 is 5.97 Å². The fourth-order valence-electron chi connectivity index (χ4n) is 6.07. The zero-order chi connectivity index (χ0) is 35.0. The Labute approximate surface area is 292 Å². The van der Waals surface area contributed by atoms with Gasteiger partial charge in [-0.25, -0.2) is 4.79 Å². The molecule has 11 nitrogen and oxygen atoms in total. The number of hydrogen-bond donors (Lipinski definition) is 0. The van der Waals surface area contributed by atoms with Gasteiger partial charge in [0.2, 0.25) is 0 Å². The Bertz CT molecular complexity index is 1530. The van der Waals surface area contributed by atoms with Crippen LogP contribution in [0.25, 0.3) is 0 Å². The minimum Gasteiger partial charge on any atom is -0.459 e. The number of thioether (sulfide) groups is 1. The summed E-state index contributed by atoms with van der Waals surface area (Å²) in [6, 6.07) is 25.7. The summed E-state index contributed by atoms with van der Waals surface area (Å²) in [4.78, 5) is 24.4. The number of fused-ring (bicyclic) bond motifs is 1. The number of carbonyl (C=O) groups excluding carboxylic acids is 1. The van der Waals surface area contributed by atoms with Gasteiger partial charge in [-0.05, 0) is 37.4 Å². The molecule has 5 rings (SSSR count). The molecule has 264 valence electrons. The van der Waals surface area contributed by atoms with E-state index in [4.69, 9.17) is 33.2 Å². The average molecular weight is 712 g/mol. The van der Waals surface area contributed by atoms with Gasteiger partial charge in [0.05, 0.1) is 28.8 Å². The molecule has 7 atom stereocenters. The molecule has 0 spiro atoms. The van der Waals surface area contributed by atoms with E-state index in [2.05, 4.69) is 19.6 Å². The van der Waals surface area contributed by atoms with E-state index in [0.717, 1.165) is 11.6 Å². The lowest BCUT2D eigenvalue weighted by Gasteiger charge is -2.58. The monoisotopic (exact) mass is 711 g/mol. The molecule has 0 radical (unpaired) electrons. The van der Waals surface area contributed by atoms with Crippen LogP contribution >= 0.6 is 11.8 Å². The SMILES string of the molecule is CS[C@@]12[C@H](O[C@@H](c3ccccc3)O[C@@H]1COC(=O)c1ccccc1)[C@@H](OCOCC[Si](C)(C)C)[C@H](OCc1ccccc1[N+](=O)[O-])O[C@@H]2C. The molecule has 0 bridgehead atoms. The first-order valence-corrected chi connectivity index (χ1v) is 21.3. The molecule has 2 aliphatic rings. The van der Waals surface area contributed by atoms with Gasteiger partial charge in [-0.1, -0.05) is 80.3 Å². The molecule has 3 aromatic carbocycles. The second kappa shape index (κ2) is 16.7. The lowest BCUT2D eigenvalue weighted by molar-refractivity contribution is -0.387. The van der Waals surface area contributed by atoms with E-state index in [0.29, 0.717) is 17.7 Å². The molecule has 0 saturated carbocycles. The molecule has 2 aliphatic heterocycles. The number of benzene rings is 3. The second-order valence-electron chi connectivity index (χ2n) is 13.3. The molecule has 2 heterocycles. The van der Waals surface area contributed by atoms with E-state index in [1.54, 1.807) is 42.5 Å². The molecular formula is C36H45NO10SSi. The van der Waals surface area contributed by atoms with Crippen molar-refractivity contribution in [3.05, 3.63) is 112 Å². The Hall–Kier alpha value is -3.14. The maximum Gasteiger partial charge on any atom is 0.338 e. The molecule has 0 N–H and O–H groups in total. The van der Waals surface area contributed by atoms with Crippen LogP contribution in [0.5, 0.6) is 0 Å². The summed E-state index contributed by atoms with van der Waals surface area (Å²) in [6.07, 6.45) is -2.68. The Morgan fingerprint density at radius 2 is 1.61 bits per heavy atom. The van der Waals surface area contributed by atoms with E-state index in [1.165, 1.54) is 17.8 Å². The molecule has 2 fully saturated rings. The van der Waals surface area contributed by atoms with Crippen LogP contribution in [-0.4, -0.2) is 80.7 Å². The Balaban J connectivity index is 1.47. The predicted molar refractivity (Wildman–Crippen MR) is 188 cm³/mol. The predicted octanol–water partition coefficient (Wildman–Crippen LogP) is 7.00. The number of esters is 1. The summed E-state index contributed by atoms with van der Waals surface area (Å²) < 4.78 is 43.7. The zero-order valence-corrected chi connectivity index (χ0v) is 30.3. The summed E-state index contributed by atoms with van der Waals surface area (Å²) >= 11 is 1.49. The van der Waals surface area contributed by atoms with Gasteiger partial charge in [-0.15, -0.1) is 0 Å². The molecule has 2 saturated heterocycles. The number of hydrogen-bond acceptors (Lipinski definition) is 11. The third kappa shape index (κ3) is 8.97. The van der Waals surface area contributed by atoms with Gasteiger partial charge in [0.1, 0.15) is 36.5 Å². The first-order valence-electron chi connectivity index (χ1n) is 16.4. The Morgan fingerprint density at radius 1 is 0.939 bits per heavy atom. The van der Waals surface area contributed by atoms with Crippen molar-refractivity contribution in [3.63, 3.8) is 0 Å². The van der Waals surface area contributed by atoms with Gasteiger partial charge in [-0.3, -0.25) is 10.1 Å². The third-order valence-electron chi connectivity index (χ3n) is 8.78. The van der Waals surface area contributed by atoms with Crippen LogP contribution in [0.4, 0.5) is 5.69 Å². The van der Waals surface area contributed by atoms with Crippen LogP contribution in [0, 0.1) is 10.1 Å². The van der Waals surface area contributed by atoms with E-state index >= 15 is 0 Å². The van der Waals surface area contributed by atoms with Gasteiger partial charge in [0, 0.05) is 26.3 Å². The van der Waals surface area contributed by atoms with Crippen molar-refractivity contribution in [3.8, 4) is 0 Å². The lowest BCUT2D eigenvalue weighted by atomic mass is 9.82. The normalized spacial score (nSPS) is 26.9. The maximum atomic E-state index is 13.1. The number of rotatable bonds is 15. The summed E-state index contributed by atoms with van der Waals surface area (Å²) in [7, 11) is -1.35. The molecule has 0 amide bonds. The molecular weight excluding hydrogens is 667 g/mol. The van der Waals surface area contributed by atoms with Crippen molar-refractivity contribution in [1.82, 2.24) is 0 Å². The van der Waals surface area contributed by atoms with E-state index in [-0.39, 0.29) is 25.7 Å². The van der Waals surface area contributed by atoms with Crippen molar-refractivity contribution >= 4 is 31.5 Å². The van der Waals surface area contributed by atoms with Crippen molar-refractivity contribution in [1.29, 1.82) is 0 Å². The number of nitrogens with zero attached hydrogens (tertiary/aromatic N) is 1. The van der Waals surface area contributed by atoms with Crippen LogP contribution in [0.15, 0.2) is 84.9 Å². The first-order chi connectivity index (χ1) is 23.5. The van der Waals surface area contributed by atoms with Crippen molar-refractivity contribution in [2.45, 2.75) is 81.0 Å². The van der Waals surface area contributed by atoms with Crippen molar-refractivity contribution in [2.24, 2.45) is 0 Å². The highest BCUT2D eigenvalue weighted by Crippen LogP contribution is 2.51. The maximum absolute atomic E-state index is 13.1. The molecule has 0 aliphatic carbocycles. The third-order valence-corrected chi connectivity index (χ3v) is 12.0. The minimum atomic E-state index is -1.35. The number of ether oxygens (including phenoxy) is 7. The number of nitro groups is 1. The summed E-state index contributed by atoms with van der Waals surface area (Å²) in [6.45, 7) is 9.04.